The van der Waals surface area contributed by atoms with Crippen LogP contribution >= 0.6 is 0 Å². The summed E-state index contributed by atoms with van der Waals surface area (Å²) >= 11 is 0. The van der Waals surface area contributed by atoms with Crippen LogP contribution in [0.5, 0.6) is 0 Å². The van der Waals surface area contributed by atoms with Gasteiger partial charge in [0, 0.05) is 63.6 Å². The van der Waals surface area contributed by atoms with Crippen LogP contribution in [0.25, 0.3) is 0 Å². The molecule has 7 heteroatoms. The molecular weight excluding hydrogens is 338 g/mol. The molecule has 0 spiro atoms. The van der Waals surface area contributed by atoms with E-state index in [2.05, 4.69) is 67.2 Å². The van der Waals surface area contributed by atoms with Crippen molar-refractivity contribution >= 4 is 5.96 Å². The van der Waals surface area contributed by atoms with E-state index in [9.17, 15) is 0 Å². The average molecular weight is 378 g/mol. The number of aryl methyl sites for hydroxylation is 2. The van der Waals surface area contributed by atoms with Crippen molar-refractivity contribution < 1.29 is 0 Å². The molecule has 2 heterocycles. The number of likely N-dealkylation sites (N-methyl/N-ethyl adjacent to an activating group) is 1. The van der Waals surface area contributed by atoms with Gasteiger partial charge in [0.05, 0.1) is 12.2 Å². The summed E-state index contributed by atoms with van der Waals surface area (Å²) in [7, 11) is 4.20. The van der Waals surface area contributed by atoms with Gasteiger partial charge in [-0.25, -0.2) is 4.99 Å². The molecule has 1 fully saturated rings. The lowest BCUT2D eigenvalue weighted by atomic mass is 10.0. The number of rotatable bonds is 7. The molecule has 0 saturated carbocycles. The zero-order chi connectivity index (χ0) is 20.0. The highest BCUT2D eigenvalue weighted by molar-refractivity contribution is 5.79. The third-order valence-electron chi connectivity index (χ3n) is 5.65. The highest BCUT2D eigenvalue weighted by atomic mass is 15.3. The normalized spacial score (nSPS) is 18.1. The molecule has 0 bridgehead atoms. The molecule has 27 heavy (non-hydrogen) atoms. The van der Waals surface area contributed by atoms with Gasteiger partial charge in [-0.2, -0.15) is 5.10 Å². The van der Waals surface area contributed by atoms with Crippen LogP contribution in [0.3, 0.4) is 0 Å². The number of aliphatic imine (C=N–C) groups is 1. The summed E-state index contributed by atoms with van der Waals surface area (Å²) < 4.78 is 1.93. The number of nitrogens with one attached hydrogen (secondary N) is 2. The van der Waals surface area contributed by atoms with Crippen molar-refractivity contribution in [2.24, 2.45) is 18.0 Å². The Morgan fingerprint density at radius 1 is 1.11 bits per heavy atom. The Kier molecular flexibility index (Phi) is 8.10. The van der Waals surface area contributed by atoms with E-state index in [1.807, 2.05) is 11.7 Å². The Morgan fingerprint density at radius 3 is 2.30 bits per heavy atom. The second-order valence-corrected chi connectivity index (χ2v) is 8.00. The van der Waals surface area contributed by atoms with Crippen molar-refractivity contribution in [3.63, 3.8) is 0 Å². The van der Waals surface area contributed by atoms with Crippen LogP contribution in [-0.4, -0.2) is 77.9 Å². The van der Waals surface area contributed by atoms with Gasteiger partial charge >= 0.3 is 0 Å². The lowest BCUT2D eigenvalue weighted by Crippen LogP contribution is -2.55. The Bertz CT molecular complexity index is 612. The van der Waals surface area contributed by atoms with Crippen molar-refractivity contribution in [2.75, 3.05) is 46.3 Å². The van der Waals surface area contributed by atoms with Crippen LogP contribution in [-0.2, 0) is 13.6 Å². The Hall–Kier alpha value is -1.60. The molecule has 2 rings (SSSR count). The molecule has 1 unspecified atom stereocenters. The van der Waals surface area contributed by atoms with Gasteiger partial charge in [-0.1, -0.05) is 13.8 Å². The minimum Gasteiger partial charge on any atom is -0.357 e. The fraction of sp³-hybridized carbons (Fsp3) is 0.800. The highest BCUT2D eigenvalue weighted by Gasteiger charge is 2.25. The van der Waals surface area contributed by atoms with E-state index in [1.165, 1.54) is 11.3 Å². The summed E-state index contributed by atoms with van der Waals surface area (Å²) in [5.41, 5.74) is 3.46. The number of hydrogen-bond acceptors (Lipinski definition) is 4. The minimum atomic E-state index is 0.518. The monoisotopic (exact) mass is 377 g/mol. The summed E-state index contributed by atoms with van der Waals surface area (Å²) in [4.78, 5) is 9.85. The first-order chi connectivity index (χ1) is 12.8. The van der Waals surface area contributed by atoms with Gasteiger partial charge in [-0.3, -0.25) is 9.58 Å². The first-order valence-electron chi connectivity index (χ1n) is 10.3. The Balaban J connectivity index is 2.00. The molecule has 1 saturated heterocycles. The molecule has 2 N–H and O–H groups in total. The highest BCUT2D eigenvalue weighted by Crippen LogP contribution is 2.14. The van der Waals surface area contributed by atoms with Gasteiger partial charge in [0.2, 0.25) is 0 Å². The predicted octanol–water partition coefficient (Wildman–Crippen LogP) is 1.36. The number of aromatic nitrogens is 2. The third-order valence-corrected chi connectivity index (χ3v) is 5.65. The van der Waals surface area contributed by atoms with Crippen LogP contribution < -0.4 is 10.6 Å². The quantitative estimate of drug-likeness (QED) is 0.555. The summed E-state index contributed by atoms with van der Waals surface area (Å²) in [6, 6.07) is 0.518. The summed E-state index contributed by atoms with van der Waals surface area (Å²) in [5.74, 6) is 1.49. The molecule has 0 radical (unpaired) electrons. The molecule has 0 aliphatic carbocycles. The second kappa shape index (κ2) is 10.1. The van der Waals surface area contributed by atoms with Crippen molar-refractivity contribution in [1.29, 1.82) is 0 Å². The molecule has 7 nitrogen and oxygen atoms in total. The van der Waals surface area contributed by atoms with E-state index in [1.54, 1.807) is 0 Å². The average Bonchev–Trinajstić information content (AvgIpc) is 2.86. The lowest BCUT2D eigenvalue weighted by molar-refractivity contribution is 0.0900. The predicted molar refractivity (Wildman–Crippen MR) is 113 cm³/mol. The summed E-state index contributed by atoms with van der Waals surface area (Å²) in [6.07, 6.45) is 0. The SMILES string of the molecule is CCNC(=NCc1c(C)nn(C)c1C)NCC(C(C)C)N1CCN(C)CC1. The van der Waals surface area contributed by atoms with Crippen molar-refractivity contribution in [3.05, 3.63) is 17.0 Å². The summed E-state index contributed by atoms with van der Waals surface area (Å²) in [6.45, 7) is 17.9. The maximum absolute atomic E-state index is 4.82. The fourth-order valence-electron chi connectivity index (χ4n) is 3.69. The zero-order valence-electron chi connectivity index (χ0n) is 18.3. The van der Waals surface area contributed by atoms with Gasteiger partial charge in [0.25, 0.3) is 0 Å². The molecule has 154 valence electrons. The standard InChI is InChI=1S/C20H39N7/c1-8-21-20(22-13-18-16(4)24-26(7)17(18)5)23-14-19(15(2)3)27-11-9-25(6)10-12-27/h15,19H,8-14H2,1-7H3,(H2,21,22,23). The number of nitrogens with zero attached hydrogens (tertiary/aromatic N) is 5. The van der Waals surface area contributed by atoms with Crippen LogP contribution in [0.1, 0.15) is 37.7 Å². The molecular formula is C20H39N7. The molecule has 0 amide bonds. The van der Waals surface area contributed by atoms with Gasteiger partial charge in [0.15, 0.2) is 5.96 Å². The molecule has 0 aromatic carbocycles. The van der Waals surface area contributed by atoms with Gasteiger partial charge in [0.1, 0.15) is 0 Å². The first kappa shape index (κ1) is 21.7. The lowest BCUT2D eigenvalue weighted by Gasteiger charge is -2.40. The van der Waals surface area contributed by atoms with Crippen molar-refractivity contribution in [2.45, 2.75) is 47.2 Å². The van der Waals surface area contributed by atoms with E-state index < -0.39 is 0 Å². The van der Waals surface area contributed by atoms with Crippen LogP contribution in [0, 0.1) is 19.8 Å². The van der Waals surface area contributed by atoms with Crippen LogP contribution in [0.4, 0.5) is 0 Å². The topological polar surface area (TPSA) is 60.7 Å². The summed E-state index contributed by atoms with van der Waals surface area (Å²) in [5, 5.41) is 11.5. The van der Waals surface area contributed by atoms with E-state index in [0.29, 0.717) is 18.5 Å². The fourth-order valence-corrected chi connectivity index (χ4v) is 3.69. The second-order valence-electron chi connectivity index (χ2n) is 8.00. The van der Waals surface area contributed by atoms with Gasteiger partial charge < -0.3 is 15.5 Å². The van der Waals surface area contributed by atoms with E-state index >= 15 is 0 Å². The molecule has 1 aromatic rings. The van der Waals surface area contributed by atoms with Crippen molar-refractivity contribution in [1.82, 2.24) is 30.2 Å². The van der Waals surface area contributed by atoms with Gasteiger partial charge in [-0.05, 0) is 33.7 Å². The molecule has 1 aliphatic heterocycles. The Morgan fingerprint density at radius 2 is 1.78 bits per heavy atom. The molecule has 1 aliphatic rings. The Labute approximate surface area is 165 Å². The molecule has 1 aromatic heterocycles. The largest absolute Gasteiger partial charge is 0.357 e. The first-order valence-corrected chi connectivity index (χ1v) is 10.3. The smallest absolute Gasteiger partial charge is 0.191 e. The van der Waals surface area contributed by atoms with E-state index in [4.69, 9.17) is 4.99 Å². The van der Waals surface area contributed by atoms with Crippen LogP contribution in [0.2, 0.25) is 0 Å². The maximum atomic E-state index is 4.82. The van der Waals surface area contributed by atoms with Gasteiger partial charge in [-0.15, -0.1) is 0 Å². The third kappa shape index (κ3) is 5.94. The number of piperazine rings is 1. The van der Waals surface area contributed by atoms with E-state index in [-0.39, 0.29) is 0 Å². The number of hydrogen-bond donors (Lipinski definition) is 2. The molecule has 1 atom stereocenters. The minimum absolute atomic E-state index is 0.518. The van der Waals surface area contributed by atoms with E-state index in [0.717, 1.165) is 50.9 Å². The van der Waals surface area contributed by atoms with Crippen LogP contribution in [0.15, 0.2) is 4.99 Å². The van der Waals surface area contributed by atoms with Crippen molar-refractivity contribution in [3.8, 4) is 0 Å². The number of guanidine groups is 1. The zero-order valence-corrected chi connectivity index (χ0v) is 18.3. The maximum Gasteiger partial charge on any atom is 0.191 e.